The minimum absolute atomic E-state index is 0.102. The fourth-order valence-electron chi connectivity index (χ4n) is 1.12. The van der Waals surface area contributed by atoms with Crippen LogP contribution in [0.15, 0.2) is 0 Å². The highest BCUT2D eigenvalue weighted by molar-refractivity contribution is 4.73. The van der Waals surface area contributed by atoms with E-state index in [-0.39, 0.29) is 5.60 Å². The van der Waals surface area contributed by atoms with E-state index in [1.54, 1.807) is 0 Å². The fourth-order valence-corrected chi connectivity index (χ4v) is 1.12. The zero-order valence-electron chi connectivity index (χ0n) is 7.18. The summed E-state index contributed by atoms with van der Waals surface area (Å²) in [6.07, 6.45) is 1.14. The van der Waals surface area contributed by atoms with E-state index in [2.05, 4.69) is 25.8 Å². The molecule has 1 heterocycles. The third-order valence-corrected chi connectivity index (χ3v) is 2.06. The van der Waals surface area contributed by atoms with Crippen LogP contribution in [-0.2, 0) is 4.74 Å². The lowest BCUT2D eigenvalue weighted by Crippen LogP contribution is -2.24. The largest absolute Gasteiger partial charge is 0.374 e. The van der Waals surface area contributed by atoms with Crippen molar-refractivity contribution in [3.63, 3.8) is 0 Å². The Morgan fingerprint density at radius 1 is 1.30 bits per heavy atom. The van der Waals surface area contributed by atoms with Crippen LogP contribution in [0.3, 0.4) is 0 Å². The van der Waals surface area contributed by atoms with E-state index in [1.165, 1.54) is 0 Å². The first-order valence-corrected chi connectivity index (χ1v) is 3.93. The summed E-state index contributed by atoms with van der Waals surface area (Å²) in [4.78, 5) is 2.31. The van der Waals surface area contributed by atoms with Crippen LogP contribution >= 0.6 is 0 Å². The number of hydrogen-bond acceptors (Lipinski definition) is 2. The van der Waals surface area contributed by atoms with Crippen LogP contribution in [0.4, 0.5) is 0 Å². The quantitative estimate of drug-likeness (QED) is 0.504. The van der Waals surface area contributed by atoms with Crippen LogP contribution in [0.2, 0.25) is 0 Å². The fraction of sp³-hybridized carbons (Fsp3) is 1.00. The molecule has 0 N–H and O–H groups in total. The molecule has 1 aliphatic heterocycles. The Morgan fingerprint density at radius 2 is 2.00 bits per heavy atom. The minimum atomic E-state index is 0.102. The number of rotatable bonds is 0. The van der Waals surface area contributed by atoms with Crippen molar-refractivity contribution in [2.75, 3.05) is 26.7 Å². The van der Waals surface area contributed by atoms with E-state index >= 15 is 0 Å². The maximum atomic E-state index is 5.62. The summed E-state index contributed by atoms with van der Waals surface area (Å²) in [6.45, 7) is 7.43. The number of likely N-dealkylation sites (N-methyl/N-ethyl adjacent to an activating group) is 1. The van der Waals surface area contributed by atoms with Gasteiger partial charge >= 0.3 is 0 Å². The van der Waals surface area contributed by atoms with E-state index in [1.807, 2.05) is 0 Å². The smallest absolute Gasteiger partial charge is 0.0639 e. The molecule has 0 atom stereocenters. The molecule has 1 fully saturated rings. The molecule has 0 aromatic carbocycles. The summed E-state index contributed by atoms with van der Waals surface area (Å²) >= 11 is 0. The highest BCUT2D eigenvalue weighted by atomic mass is 16.5. The summed E-state index contributed by atoms with van der Waals surface area (Å²) in [5, 5.41) is 0. The van der Waals surface area contributed by atoms with Gasteiger partial charge in [-0.3, -0.25) is 0 Å². The highest BCUT2D eigenvalue weighted by Crippen LogP contribution is 2.16. The molecule has 0 bridgehead atoms. The predicted molar refractivity (Wildman–Crippen MR) is 42.1 cm³/mol. The first kappa shape index (κ1) is 8.02. The van der Waals surface area contributed by atoms with Gasteiger partial charge < -0.3 is 9.64 Å². The van der Waals surface area contributed by atoms with Crippen molar-refractivity contribution in [1.29, 1.82) is 0 Å². The third-order valence-electron chi connectivity index (χ3n) is 2.06. The first-order valence-electron chi connectivity index (χ1n) is 3.93. The predicted octanol–water partition coefficient (Wildman–Crippen LogP) is 1.12. The van der Waals surface area contributed by atoms with E-state index in [9.17, 15) is 0 Å². The lowest BCUT2D eigenvalue weighted by Gasteiger charge is -2.21. The Hall–Kier alpha value is -0.0800. The van der Waals surface area contributed by atoms with Crippen molar-refractivity contribution >= 4 is 0 Å². The van der Waals surface area contributed by atoms with Gasteiger partial charge in [-0.2, -0.15) is 0 Å². The van der Waals surface area contributed by atoms with Gasteiger partial charge in [-0.25, -0.2) is 0 Å². The number of hydrogen-bond donors (Lipinski definition) is 0. The SMILES string of the molecule is CN1CCOC(C)(C)CC1. The molecule has 0 amide bonds. The molecule has 0 aromatic heterocycles. The topological polar surface area (TPSA) is 12.5 Å². The van der Waals surface area contributed by atoms with Gasteiger partial charge in [0.1, 0.15) is 0 Å². The standard InChI is InChI=1S/C8H17NO/c1-8(2)4-5-9(3)6-7-10-8/h4-7H2,1-3H3. The third kappa shape index (κ3) is 2.27. The van der Waals surface area contributed by atoms with Gasteiger partial charge in [-0.15, -0.1) is 0 Å². The summed E-state index contributed by atoms with van der Waals surface area (Å²) in [5.74, 6) is 0. The Kier molecular flexibility index (Phi) is 2.32. The van der Waals surface area contributed by atoms with Gasteiger partial charge in [0.05, 0.1) is 12.2 Å². The molecule has 0 unspecified atom stereocenters. The molecule has 0 aliphatic carbocycles. The molecule has 2 nitrogen and oxygen atoms in total. The van der Waals surface area contributed by atoms with Crippen molar-refractivity contribution in [1.82, 2.24) is 4.90 Å². The zero-order valence-corrected chi connectivity index (χ0v) is 7.18. The van der Waals surface area contributed by atoms with Crippen molar-refractivity contribution in [2.24, 2.45) is 0 Å². The van der Waals surface area contributed by atoms with Crippen molar-refractivity contribution in [2.45, 2.75) is 25.9 Å². The van der Waals surface area contributed by atoms with Gasteiger partial charge in [-0.05, 0) is 27.3 Å². The molecule has 1 rings (SSSR count). The molecule has 2 heteroatoms. The van der Waals surface area contributed by atoms with Crippen molar-refractivity contribution < 1.29 is 4.74 Å². The molecule has 0 spiro atoms. The number of nitrogens with zero attached hydrogens (tertiary/aromatic N) is 1. The Labute approximate surface area is 63.2 Å². The monoisotopic (exact) mass is 143 g/mol. The van der Waals surface area contributed by atoms with Gasteiger partial charge in [0.2, 0.25) is 0 Å². The maximum absolute atomic E-state index is 5.62. The Bertz CT molecular complexity index is 112. The van der Waals surface area contributed by atoms with Crippen molar-refractivity contribution in [3.8, 4) is 0 Å². The molecule has 60 valence electrons. The molecule has 1 saturated heterocycles. The van der Waals surface area contributed by atoms with E-state index in [0.29, 0.717) is 0 Å². The van der Waals surface area contributed by atoms with Crippen LogP contribution < -0.4 is 0 Å². The lowest BCUT2D eigenvalue weighted by molar-refractivity contribution is -0.00842. The summed E-state index contributed by atoms with van der Waals surface area (Å²) in [6, 6.07) is 0. The molecule has 0 radical (unpaired) electrons. The summed E-state index contributed by atoms with van der Waals surface area (Å²) in [7, 11) is 2.14. The number of ether oxygens (including phenoxy) is 1. The van der Waals surface area contributed by atoms with Crippen LogP contribution in [0.5, 0.6) is 0 Å². The van der Waals surface area contributed by atoms with Crippen LogP contribution in [0.1, 0.15) is 20.3 Å². The van der Waals surface area contributed by atoms with E-state index in [0.717, 1.165) is 26.1 Å². The molecular formula is C8H17NO. The lowest BCUT2D eigenvalue weighted by atomic mass is 10.1. The van der Waals surface area contributed by atoms with Gasteiger partial charge in [0, 0.05) is 13.1 Å². The maximum Gasteiger partial charge on any atom is 0.0639 e. The van der Waals surface area contributed by atoms with Crippen molar-refractivity contribution in [3.05, 3.63) is 0 Å². The molecule has 0 saturated carbocycles. The van der Waals surface area contributed by atoms with Gasteiger partial charge in [-0.1, -0.05) is 0 Å². The van der Waals surface area contributed by atoms with E-state index in [4.69, 9.17) is 4.74 Å². The first-order chi connectivity index (χ1) is 4.60. The molecule has 0 aromatic rings. The van der Waals surface area contributed by atoms with Gasteiger partial charge in [0.25, 0.3) is 0 Å². The average molecular weight is 143 g/mol. The van der Waals surface area contributed by atoms with Crippen LogP contribution in [0.25, 0.3) is 0 Å². The minimum Gasteiger partial charge on any atom is -0.374 e. The summed E-state index contributed by atoms with van der Waals surface area (Å²) in [5.41, 5.74) is 0.102. The molecule has 1 aliphatic rings. The normalized spacial score (nSPS) is 27.9. The second kappa shape index (κ2) is 2.89. The second-order valence-corrected chi connectivity index (χ2v) is 3.66. The van der Waals surface area contributed by atoms with E-state index < -0.39 is 0 Å². The second-order valence-electron chi connectivity index (χ2n) is 3.66. The Morgan fingerprint density at radius 3 is 2.70 bits per heavy atom. The Balaban J connectivity index is 2.41. The highest BCUT2D eigenvalue weighted by Gasteiger charge is 2.21. The molecular weight excluding hydrogens is 126 g/mol. The van der Waals surface area contributed by atoms with Crippen LogP contribution in [-0.4, -0.2) is 37.2 Å². The van der Waals surface area contributed by atoms with Crippen LogP contribution in [0, 0.1) is 0 Å². The summed E-state index contributed by atoms with van der Waals surface area (Å²) < 4.78 is 5.62. The van der Waals surface area contributed by atoms with Gasteiger partial charge in [0.15, 0.2) is 0 Å². The molecule has 10 heavy (non-hydrogen) atoms. The average Bonchev–Trinajstić information content (AvgIpc) is 1.94. The zero-order chi connectivity index (χ0) is 7.61.